The third-order valence-electron chi connectivity index (χ3n) is 3.29. The van der Waals surface area contributed by atoms with Crippen molar-refractivity contribution >= 4 is 5.97 Å². The summed E-state index contributed by atoms with van der Waals surface area (Å²) in [6, 6.07) is 13.3. The van der Waals surface area contributed by atoms with Crippen molar-refractivity contribution in [2.24, 2.45) is 0 Å². The van der Waals surface area contributed by atoms with Crippen LogP contribution >= 0.6 is 0 Å². The van der Waals surface area contributed by atoms with E-state index in [1.807, 2.05) is 25.1 Å². The van der Waals surface area contributed by atoms with Crippen molar-refractivity contribution in [2.75, 3.05) is 7.11 Å². The summed E-state index contributed by atoms with van der Waals surface area (Å²) in [4.78, 5) is 14.4. The molecule has 2 rings (SSSR count). The van der Waals surface area contributed by atoms with Gasteiger partial charge in [-0.3, -0.25) is 0 Å². The number of nitrogens with zero attached hydrogens (tertiary/aromatic N) is 1. The predicted octanol–water partition coefficient (Wildman–Crippen LogP) is 2.52. The van der Waals surface area contributed by atoms with E-state index >= 15 is 0 Å². The van der Waals surface area contributed by atoms with E-state index in [-0.39, 0.29) is 12.0 Å². The topological polar surface area (TPSA) is 77.9 Å². The number of benzene rings is 1. The maximum absolute atomic E-state index is 11.3. The lowest BCUT2D eigenvalue weighted by molar-refractivity contribution is 0.0594. The van der Waals surface area contributed by atoms with Gasteiger partial charge in [-0.05, 0) is 36.8 Å². The molecular weight excluding hydrogens is 266 g/mol. The van der Waals surface area contributed by atoms with Crippen molar-refractivity contribution in [3.8, 4) is 6.07 Å². The van der Waals surface area contributed by atoms with Gasteiger partial charge in [0.25, 0.3) is 0 Å². The maximum atomic E-state index is 11.3. The Morgan fingerprint density at radius 3 is 2.67 bits per heavy atom. The molecule has 0 saturated carbocycles. The number of aromatic amines is 1. The number of hydrogen-bond donors (Lipinski definition) is 2. The van der Waals surface area contributed by atoms with Gasteiger partial charge in [0.1, 0.15) is 5.69 Å². The molecule has 1 unspecified atom stereocenters. The zero-order chi connectivity index (χ0) is 15.2. The number of rotatable bonds is 5. The molecule has 0 bridgehead atoms. The highest BCUT2D eigenvalue weighted by atomic mass is 16.5. The molecule has 5 nitrogen and oxygen atoms in total. The fourth-order valence-electron chi connectivity index (χ4n) is 2.00. The van der Waals surface area contributed by atoms with Crippen molar-refractivity contribution in [2.45, 2.75) is 19.5 Å². The summed E-state index contributed by atoms with van der Waals surface area (Å²) in [5, 5.41) is 12.1. The van der Waals surface area contributed by atoms with E-state index < -0.39 is 0 Å². The van der Waals surface area contributed by atoms with Gasteiger partial charge in [-0.15, -0.1) is 0 Å². The first kappa shape index (κ1) is 14.8. The van der Waals surface area contributed by atoms with Crippen LogP contribution in [0, 0.1) is 11.3 Å². The summed E-state index contributed by atoms with van der Waals surface area (Å²) in [6.07, 6.45) is 0. The molecule has 2 aromatic rings. The van der Waals surface area contributed by atoms with Gasteiger partial charge in [0, 0.05) is 18.3 Å². The number of carbonyl (C=O) groups excluding carboxylic acids is 1. The highest BCUT2D eigenvalue weighted by Crippen LogP contribution is 2.14. The Hall–Kier alpha value is -2.58. The molecule has 0 aliphatic carbocycles. The van der Waals surface area contributed by atoms with Crippen LogP contribution in [0.15, 0.2) is 36.4 Å². The van der Waals surface area contributed by atoms with Crippen LogP contribution in [0.3, 0.4) is 0 Å². The Kier molecular flexibility index (Phi) is 4.75. The first-order valence-electron chi connectivity index (χ1n) is 6.63. The number of esters is 1. The van der Waals surface area contributed by atoms with Gasteiger partial charge in [0.05, 0.1) is 18.7 Å². The Morgan fingerprint density at radius 1 is 1.33 bits per heavy atom. The quantitative estimate of drug-likeness (QED) is 0.826. The second-order valence-electron chi connectivity index (χ2n) is 4.73. The van der Waals surface area contributed by atoms with Crippen molar-refractivity contribution in [1.82, 2.24) is 10.3 Å². The molecule has 1 aromatic carbocycles. The highest BCUT2D eigenvalue weighted by molar-refractivity contribution is 5.87. The van der Waals surface area contributed by atoms with Gasteiger partial charge < -0.3 is 15.0 Å². The molecule has 1 atom stereocenters. The van der Waals surface area contributed by atoms with Crippen LogP contribution in [0.25, 0.3) is 0 Å². The molecule has 21 heavy (non-hydrogen) atoms. The number of nitriles is 1. The van der Waals surface area contributed by atoms with Crippen LogP contribution < -0.4 is 5.32 Å². The molecule has 0 saturated heterocycles. The fraction of sp³-hybridized carbons (Fsp3) is 0.250. The van der Waals surface area contributed by atoms with Crippen LogP contribution in [0.1, 0.15) is 40.3 Å². The second-order valence-corrected chi connectivity index (χ2v) is 4.73. The third kappa shape index (κ3) is 3.71. The van der Waals surface area contributed by atoms with E-state index in [0.29, 0.717) is 17.8 Å². The van der Waals surface area contributed by atoms with Crippen LogP contribution in [0.2, 0.25) is 0 Å². The number of H-pyrrole nitrogens is 1. The Balaban J connectivity index is 1.94. The number of nitrogens with one attached hydrogen (secondary N) is 2. The van der Waals surface area contributed by atoms with Crippen molar-refractivity contribution in [3.05, 3.63) is 58.9 Å². The molecule has 0 spiro atoms. The van der Waals surface area contributed by atoms with Crippen molar-refractivity contribution in [3.63, 3.8) is 0 Å². The van der Waals surface area contributed by atoms with Gasteiger partial charge in [0.2, 0.25) is 0 Å². The van der Waals surface area contributed by atoms with E-state index in [4.69, 9.17) is 5.26 Å². The normalized spacial score (nSPS) is 11.7. The van der Waals surface area contributed by atoms with E-state index in [0.717, 1.165) is 11.3 Å². The minimum atomic E-state index is -0.374. The summed E-state index contributed by atoms with van der Waals surface area (Å²) >= 11 is 0. The van der Waals surface area contributed by atoms with Crippen LogP contribution in [-0.4, -0.2) is 18.1 Å². The number of methoxy groups -OCH3 is 1. The standard InChI is InChI=1S/C16H17N3O2/c1-11(13-5-3-12(9-17)4-6-13)18-10-14-7-8-15(19-14)16(20)21-2/h3-8,11,18-19H,10H2,1-2H3. The van der Waals surface area contributed by atoms with Crippen LogP contribution in [-0.2, 0) is 11.3 Å². The molecule has 2 N–H and O–H groups in total. The summed E-state index contributed by atoms with van der Waals surface area (Å²) in [7, 11) is 1.36. The van der Waals surface area contributed by atoms with E-state index in [2.05, 4.69) is 21.1 Å². The van der Waals surface area contributed by atoms with E-state index in [1.54, 1.807) is 18.2 Å². The molecule has 1 aromatic heterocycles. The number of hydrogen-bond acceptors (Lipinski definition) is 4. The molecule has 0 fully saturated rings. The van der Waals surface area contributed by atoms with Gasteiger partial charge in [-0.1, -0.05) is 12.1 Å². The molecule has 0 aliphatic rings. The summed E-state index contributed by atoms with van der Waals surface area (Å²) in [6.45, 7) is 2.66. The molecule has 108 valence electrons. The molecule has 0 amide bonds. The van der Waals surface area contributed by atoms with Crippen molar-refractivity contribution in [1.29, 1.82) is 5.26 Å². The summed E-state index contributed by atoms with van der Waals surface area (Å²) in [5.74, 6) is -0.374. The molecule has 0 aliphatic heterocycles. The minimum Gasteiger partial charge on any atom is -0.464 e. The average Bonchev–Trinajstić information content (AvgIpc) is 3.01. The number of ether oxygens (including phenoxy) is 1. The number of aromatic nitrogens is 1. The smallest absolute Gasteiger partial charge is 0.354 e. The van der Waals surface area contributed by atoms with Gasteiger partial charge in [-0.2, -0.15) is 5.26 Å². The Morgan fingerprint density at radius 2 is 2.05 bits per heavy atom. The number of carbonyl (C=O) groups is 1. The van der Waals surface area contributed by atoms with Gasteiger partial charge in [-0.25, -0.2) is 4.79 Å². The van der Waals surface area contributed by atoms with Gasteiger partial charge >= 0.3 is 5.97 Å². The summed E-state index contributed by atoms with van der Waals surface area (Å²) < 4.78 is 4.65. The first-order valence-corrected chi connectivity index (χ1v) is 6.63. The molecule has 5 heteroatoms. The lowest BCUT2D eigenvalue weighted by atomic mass is 10.1. The van der Waals surface area contributed by atoms with Gasteiger partial charge in [0.15, 0.2) is 0 Å². The molecule has 0 radical (unpaired) electrons. The largest absolute Gasteiger partial charge is 0.464 e. The van der Waals surface area contributed by atoms with Crippen molar-refractivity contribution < 1.29 is 9.53 Å². The second kappa shape index (κ2) is 6.73. The molecule has 1 heterocycles. The van der Waals surface area contributed by atoms with E-state index in [9.17, 15) is 4.79 Å². The first-order chi connectivity index (χ1) is 10.1. The Labute approximate surface area is 123 Å². The monoisotopic (exact) mass is 283 g/mol. The zero-order valence-electron chi connectivity index (χ0n) is 12.0. The Bertz CT molecular complexity index is 653. The average molecular weight is 283 g/mol. The fourth-order valence-corrected chi connectivity index (χ4v) is 2.00. The lowest BCUT2D eigenvalue weighted by Gasteiger charge is -2.13. The minimum absolute atomic E-state index is 0.141. The van der Waals surface area contributed by atoms with Crippen LogP contribution in [0.5, 0.6) is 0 Å². The highest BCUT2D eigenvalue weighted by Gasteiger charge is 2.09. The predicted molar refractivity (Wildman–Crippen MR) is 78.5 cm³/mol. The van der Waals surface area contributed by atoms with E-state index in [1.165, 1.54) is 7.11 Å². The third-order valence-corrected chi connectivity index (χ3v) is 3.29. The SMILES string of the molecule is COC(=O)c1ccc(CNC(C)c2ccc(C#N)cc2)[nH]1. The molecular formula is C16H17N3O2. The zero-order valence-corrected chi connectivity index (χ0v) is 12.0. The maximum Gasteiger partial charge on any atom is 0.354 e. The lowest BCUT2D eigenvalue weighted by Crippen LogP contribution is -2.18. The summed E-state index contributed by atoms with van der Waals surface area (Å²) in [5.41, 5.74) is 3.11. The van der Waals surface area contributed by atoms with Crippen LogP contribution in [0.4, 0.5) is 0 Å².